The molecule has 92 valence electrons. The van der Waals surface area contributed by atoms with Gasteiger partial charge >= 0.3 is 5.69 Å². The lowest BCUT2D eigenvalue weighted by molar-refractivity contribution is -0.388. The standard InChI is InChI=1S/C10H9N5O2S/c1-11-8-3-2-7(15(16)17)10(14-8)18-9-4-5-12-6-13-9/h2-6H,1H3,(H,11,14). The Morgan fingerprint density at radius 3 is 2.83 bits per heavy atom. The highest BCUT2D eigenvalue weighted by Crippen LogP contribution is 2.32. The normalized spacial score (nSPS) is 10.1. The molecular formula is C10H9N5O2S. The van der Waals surface area contributed by atoms with Crippen molar-refractivity contribution in [2.24, 2.45) is 0 Å². The number of nitrogens with one attached hydrogen (secondary N) is 1. The number of hydrogen-bond donors (Lipinski definition) is 1. The third kappa shape index (κ3) is 2.72. The number of hydrogen-bond acceptors (Lipinski definition) is 7. The van der Waals surface area contributed by atoms with Gasteiger partial charge in [-0.25, -0.2) is 15.0 Å². The van der Waals surface area contributed by atoms with Gasteiger partial charge in [0, 0.05) is 19.3 Å². The second-order valence-corrected chi connectivity index (χ2v) is 4.19. The molecule has 0 unspecified atom stereocenters. The lowest BCUT2D eigenvalue weighted by Crippen LogP contribution is -1.98. The van der Waals surface area contributed by atoms with E-state index in [-0.39, 0.29) is 5.69 Å². The van der Waals surface area contributed by atoms with Crippen LogP contribution in [0.25, 0.3) is 0 Å². The van der Waals surface area contributed by atoms with Crippen molar-refractivity contribution in [2.75, 3.05) is 12.4 Å². The van der Waals surface area contributed by atoms with Crippen molar-refractivity contribution in [2.45, 2.75) is 10.1 Å². The minimum absolute atomic E-state index is 0.0439. The molecule has 8 heteroatoms. The van der Waals surface area contributed by atoms with E-state index < -0.39 is 4.92 Å². The fourth-order valence-corrected chi connectivity index (χ4v) is 2.04. The highest BCUT2D eigenvalue weighted by Gasteiger charge is 2.17. The number of nitro groups is 1. The van der Waals surface area contributed by atoms with Crippen LogP contribution < -0.4 is 5.32 Å². The average molecular weight is 263 g/mol. The fraction of sp³-hybridized carbons (Fsp3) is 0.100. The van der Waals surface area contributed by atoms with Gasteiger partial charge in [-0.1, -0.05) is 0 Å². The smallest absolute Gasteiger partial charge is 0.301 e. The van der Waals surface area contributed by atoms with Crippen molar-refractivity contribution in [3.05, 3.63) is 40.8 Å². The largest absolute Gasteiger partial charge is 0.373 e. The fourth-order valence-electron chi connectivity index (χ4n) is 1.22. The molecule has 0 spiro atoms. The zero-order valence-corrected chi connectivity index (χ0v) is 10.2. The van der Waals surface area contributed by atoms with Crippen LogP contribution in [-0.2, 0) is 0 Å². The molecule has 2 heterocycles. The van der Waals surface area contributed by atoms with Gasteiger partial charge in [0.05, 0.1) is 4.92 Å². The molecular weight excluding hydrogens is 254 g/mol. The third-order valence-corrected chi connectivity index (χ3v) is 2.99. The van der Waals surface area contributed by atoms with Crippen molar-refractivity contribution in [1.29, 1.82) is 0 Å². The minimum atomic E-state index is -0.462. The van der Waals surface area contributed by atoms with E-state index in [1.165, 1.54) is 12.4 Å². The lowest BCUT2D eigenvalue weighted by Gasteiger charge is -2.04. The molecule has 18 heavy (non-hydrogen) atoms. The molecule has 0 bridgehead atoms. The Labute approximate surface area is 107 Å². The molecule has 0 fully saturated rings. The van der Waals surface area contributed by atoms with Crippen molar-refractivity contribution in [3.8, 4) is 0 Å². The first-order valence-corrected chi connectivity index (χ1v) is 5.79. The summed E-state index contributed by atoms with van der Waals surface area (Å²) in [6, 6.07) is 4.65. The summed E-state index contributed by atoms with van der Waals surface area (Å²) in [6.45, 7) is 0. The molecule has 1 N–H and O–H groups in total. The summed E-state index contributed by atoms with van der Waals surface area (Å²) >= 11 is 1.13. The van der Waals surface area contributed by atoms with Gasteiger partial charge in [0.25, 0.3) is 0 Å². The van der Waals surface area contributed by atoms with Gasteiger partial charge in [0.1, 0.15) is 17.2 Å². The number of aromatic nitrogens is 3. The van der Waals surface area contributed by atoms with E-state index in [1.807, 2.05) is 0 Å². The van der Waals surface area contributed by atoms with Gasteiger partial charge in [0.2, 0.25) is 0 Å². The Balaban J connectivity index is 2.38. The zero-order chi connectivity index (χ0) is 13.0. The van der Waals surface area contributed by atoms with Crippen molar-refractivity contribution in [1.82, 2.24) is 15.0 Å². The van der Waals surface area contributed by atoms with Crippen LogP contribution in [0.4, 0.5) is 11.5 Å². The molecule has 2 aromatic heterocycles. The van der Waals surface area contributed by atoms with Crippen LogP contribution >= 0.6 is 11.8 Å². The van der Waals surface area contributed by atoms with E-state index in [9.17, 15) is 10.1 Å². The Bertz CT molecular complexity index is 563. The molecule has 0 saturated carbocycles. The van der Waals surface area contributed by atoms with Crippen LogP contribution in [0.3, 0.4) is 0 Å². The quantitative estimate of drug-likeness (QED) is 0.512. The number of rotatable bonds is 4. The van der Waals surface area contributed by atoms with E-state index in [0.717, 1.165) is 11.8 Å². The highest BCUT2D eigenvalue weighted by molar-refractivity contribution is 7.99. The third-order valence-electron chi connectivity index (χ3n) is 2.05. The Morgan fingerprint density at radius 2 is 2.22 bits per heavy atom. The molecule has 0 saturated heterocycles. The van der Waals surface area contributed by atoms with E-state index in [2.05, 4.69) is 20.3 Å². The van der Waals surface area contributed by atoms with Crippen LogP contribution in [0.1, 0.15) is 0 Å². The summed E-state index contributed by atoms with van der Waals surface area (Å²) in [7, 11) is 1.70. The SMILES string of the molecule is CNc1ccc([N+](=O)[O-])c(Sc2ccncn2)n1. The molecule has 0 aliphatic carbocycles. The molecule has 7 nitrogen and oxygen atoms in total. The first-order chi connectivity index (χ1) is 8.70. The van der Waals surface area contributed by atoms with Gasteiger partial charge in [-0.15, -0.1) is 0 Å². The van der Waals surface area contributed by atoms with Crippen molar-refractivity contribution in [3.63, 3.8) is 0 Å². The van der Waals surface area contributed by atoms with Crippen LogP contribution in [0.15, 0.2) is 40.8 Å². The van der Waals surface area contributed by atoms with E-state index in [1.54, 1.807) is 25.4 Å². The molecule has 0 aliphatic rings. The lowest BCUT2D eigenvalue weighted by atomic mass is 10.4. The Morgan fingerprint density at radius 1 is 1.39 bits per heavy atom. The topological polar surface area (TPSA) is 93.8 Å². The van der Waals surface area contributed by atoms with E-state index in [4.69, 9.17) is 0 Å². The van der Waals surface area contributed by atoms with Crippen molar-refractivity contribution < 1.29 is 4.92 Å². The molecule has 0 aliphatic heterocycles. The second kappa shape index (κ2) is 5.41. The van der Waals surface area contributed by atoms with Crippen molar-refractivity contribution >= 4 is 23.3 Å². The maximum atomic E-state index is 10.9. The van der Waals surface area contributed by atoms with Gasteiger partial charge in [-0.05, 0) is 23.9 Å². The monoisotopic (exact) mass is 263 g/mol. The van der Waals surface area contributed by atoms with Gasteiger partial charge in [-0.3, -0.25) is 10.1 Å². The average Bonchev–Trinajstić information content (AvgIpc) is 2.39. The van der Waals surface area contributed by atoms with Crippen LogP contribution in [0, 0.1) is 10.1 Å². The van der Waals surface area contributed by atoms with E-state index in [0.29, 0.717) is 15.9 Å². The van der Waals surface area contributed by atoms with Gasteiger partial charge in [0.15, 0.2) is 5.03 Å². The molecule has 0 aromatic carbocycles. The number of pyridine rings is 1. The van der Waals surface area contributed by atoms with Crippen LogP contribution in [0.5, 0.6) is 0 Å². The van der Waals surface area contributed by atoms with Crippen LogP contribution in [-0.4, -0.2) is 26.9 Å². The summed E-state index contributed by atoms with van der Waals surface area (Å²) in [5, 5.41) is 14.7. The predicted octanol–water partition coefficient (Wildman–Crippen LogP) is 1.97. The summed E-state index contributed by atoms with van der Waals surface area (Å²) in [6.07, 6.45) is 2.96. The number of anilines is 1. The second-order valence-electron chi connectivity index (χ2n) is 3.18. The first-order valence-electron chi connectivity index (χ1n) is 4.98. The minimum Gasteiger partial charge on any atom is -0.373 e. The molecule has 0 radical (unpaired) electrons. The Hall–Kier alpha value is -2.22. The number of nitrogens with zero attached hydrogens (tertiary/aromatic N) is 4. The van der Waals surface area contributed by atoms with E-state index >= 15 is 0 Å². The maximum absolute atomic E-state index is 10.9. The zero-order valence-electron chi connectivity index (χ0n) is 9.40. The first kappa shape index (κ1) is 12.2. The molecule has 0 atom stereocenters. The predicted molar refractivity (Wildman–Crippen MR) is 66.6 cm³/mol. The van der Waals surface area contributed by atoms with Gasteiger partial charge in [-0.2, -0.15) is 0 Å². The van der Waals surface area contributed by atoms with Crippen LogP contribution in [0.2, 0.25) is 0 Å². The maximum Gasteiger partial charge on any atom is 0.301 e. The Kier molecular flexibility index (Phi) is 3.68. The summed E-state index contributed by atoms with van der Waals surface area (Å²) in [5.74, 6) is 0.567. The summed E-state index contributed by atoms with van der Waals surface area (Å²) in [5.41, 5.74) is -0.0439. The molecule has 2 aromatic rings. The van der Waals surface area contributed by atoms with Gasteiger partial charge < -0.3 is 5.32 Å². The summed E-state index contributed by atoms with van der Waals surface area (Å²) in [4.78, 5) is 22.4. The molecule has 0 amide bonds. The highest BCUT2D eigenvalue weighted by atomic mass is 32.2. The summed E-state index contributed by atoms with van der Waals surface area (Å²) < 4.78 is 0. The molecule has 2 rings (SSSR count).